The number of hydrogen-bond acceptors (Lipinski definition) is 3. The SMILES string of the molecule is CC(C)(C)OC(N)=O.FC1CCNCC1. The molecule has 1 aliphatic rings. The third-order valence-corrected chi connectivity index (χ3v) is 1.68. The Morgan fingerprint density at radius 2 is 1.87 bits per heavy atom. The highest BCUT2D eigenvalue weighted by Gasteiger charge is 2.12. The average molecular weight is 220 g/mol. The third kappa shape index (κ3) is 11.1. The molecule has 0 bridgehead atoms. The Labute approximate surface area is 90.4 Å². The van der Waals surface area contributed by atoms with Crippen molar-refractivity contribution >= 4 is 6.09 Å². The molecule has 0 atom stereocenters. The zero-order chi connectivity index (χ0) is 11.9. The van der Waals surface area contributed by atoms with Crippen LogP contribution in [0.25, 0.3) is 0 Å². The Morgan fingerprint density at radius 1 is 1.40 bits per heavy atom. The number of amides is 1. The van der Waals surface area contributed by atoms with Crippen molar-refractivity contribution in [3.63, 3.8) is 0 Å². The fourth-order valence-corrected chi connectivity index (χ4v) is 1.09. The first-order valence-electron chi connectivity index (χ1n) is 5.14. The van der Waals surface area contributed by atoms with E-state index in [0.717, 1.165) is 13.1 Å². The van der Waals surface area contributed by atoms with Gasteiger partial charge in [0.05, 0.1) is 0 Å². The van der Waals surface area contributed by atoms with Gasteiger partial charge >= 0.3 is 6.09 Å². The smallest absolute Gasteiger partial charge is 0.405 e. The highest BCUT2D eigenvalue weighted by molar-refractivity contribution is 5.65. The Bertz CT molecular complexity index is 186. The van der Waals surface area contributed by atoms with Gasteiger partial charge in [-0.05, 0) is 46.7 Å². The van der Waals surface area contributed by atoms with Crippen LogP contribution in [-0.4, -0.2) is 31.0 Å². The Kier molecular flexibility index (Phi) is 6.24. The molecule has 0 radical (unpaired) electrons. The molecule has 15 heavy (non-hydrogen) atoms. The minimum atomic E-state index is -0.725. The van der Waals surface area contributed by atoms with E-state index in [2.05, 4.69) is 10.1 Å². The topological polar surface area (TPSA) is 64.3 Å². The van der Waals surface area contributed by atoms with Gasteiger partial charge in [-0.3, -0.25) is 0 Å². The van der Waals surface area contributed by atoms with Gasteiger partial charge in [0.15, 0.2) is 0 Å². The maximum absolute atomic E-state index is 12.1. The number of nitrogens with two attached hydrogens (primary N) is 1. The molecule has 1 amide bonds. The van der Waals surface area contributed by atoms with E-state index in [1.165, 1.54) is 0 Å². The fraction of sp³-hybridized carbons (Fsp3) is 0.900. The van der Waals surface area contributed by atoms with Gasteiger partial charge in [-0.25, -0.2) is 9.18 Å². The normalized spacial score (nSPS) is 17.6. The summed E-state index contributed by atoms with van der Waals surface area (Å²) < 4.78 is 16.7. The molecule has 0 unspecified atom stereocenters. The molecule has 3 N–H and O–H groups in total. The summed E-state index contributed by atoms with van der Waals surface area (Å²) in [5.74, 6) is 0. The molecule has 1 aliphatic heterocycles. The second kappa shape index (κ2) is 6.61. The van der Waals surface area contributed by atoms with E-state index in [-0.39, 0.29) is 0 Å². The molecule has 0 saturated carbocycles. The summed E-state index contributed by atoms with van der Waals surface area (Å²) in [6.07, 6.45) is 0.166. The van der Waals surface area contributed by atoms with Gasteiger partial charge < -0.3 is 15.8 Å². The Balaban J connectivity index is 0.000000262. The molecule has 0 aliphatic carbocycles. The highest BCUT2D eigenvalue weighted by atomic mass is 19.1. The monoisotopic (exact) mass is 220 g/mol. The van der Waals surface area contributed by atoms with Crippen molar-refractivity contribution in [2.45, 2.75) is 45.4 Å². The number of ether oxygens (including phenoxy) is 1. The second-order valence-corrected chi connectivity index (χ2v) is 4.46. The lowest BCUT2D eigenvalue weighted by Crippen LogP contribution is -2.28. The zero-order valence-corrected chi connectivity index (χ0v) is 9.68. The van der Waals surface area contributed by atoms with Gasteiger partial charge in [0.1, 0.15) is 11.8 Å². The van der Waals surface area contributed by atoms with Crippen molar-refractivity contribution in [1.82, 2.24) is 5.32 Å². The number of hydrogen-bond donors (Lipinski definition) is 2. The lowest BCUT2D eigenvalue weighted by atomic mass is 10.1. The van der Waals surface area contributed by atoms with Crippen molar-refractivity contribution in [3.8, 4) is 0 Å². The lowest BCUT2D eigenvalue weighted by Gasteiger charge is -2.16. The molecule has 0 spiro atoms. The van der Waals surface area contributed by atoms with Gasteiger partial charge in [0, 0.05) is 0 Å². The molecule has 1 heterocycles. The third-order valence-electron chi connectivity index (χ3n) is 1.68. The second-order valence-electron chi connectivity index (χ2n) is 4.46. The number of halogens is 1. The molecular formula is C10H21FN2O2. The van der Waals surface area contributed by atoms with Crippen molar-refractivity contribution < 1.29 is 13.9 Å². The molecule has 0 aromatic rings. The first-order chi connectivity index (χ1) is 6.81. The summed E-state index contributed by atoms with van der Waals surface area (Å²) in [6.45, 7) is 7.01. The summed E-state index contributed by atoms with van der Waals surface area (Å²) >= 11 is 0. The lowest BCUT2D eigenvalue weighted by molar-refractivity contribution is 0.0600. The van der Waals surface area contributed by atoms with Crippen LogP contribution in [0, 0.1) is 0 Å². The molecule has 1 saturated heterocycles. The van der Waals surface area contributed by atoms with E-state index < -0.39 is 17.9 Å². The Morgan fingerprint density at radius 3 is 2.00 bits per heavy atom. The fourth-order valence-electron chi connectivity index (χ4n) is 1.09. The molecule has 0 aromatic heterocycles. The number of rotatable bonds is 0. The summed E-state index contributed by atoms with van der Waals surface area (Å²) in [6, 6.07) is 0. The quantitative estimate of drug-likeness (QED) is 0.651. The van der Waals surface area contributed by atoms with E-state index in [1.54, 1.807) is 20.8 Å². The van der Waals surface area contributed by atoms with Crippen LogP contribution < -0.4 is 11.1 Å². The van der Waals surface area contributed by atoms with Gasteiger partial charge in [-0.1, -0.05) is 0 Å². The van der Waals surface area contributed by atoms with E-state index in [4.69, 9.17) is 5.73 Å². The number of piperidine rings is 1. The Hall–Kier alpha value is -0.840. The van der Waals surface area contributed by atoms with Crippen LogP contribution in [0.1, 0.15) is 33.6 Å². The number of carbonyl (C=O) groups excluding carboxylic acids is 1. The summed E-state index contributed by atoms with van der Waals surface area (Å²) in [5, 5.41) is 3.08. The first-order valence-corrected chi connectivity index (χ1v) is 5.14. The van der Waals surface area contributed by atoms with E-state index >= 15 is 0 Å². The van der Waals surface area contributed by atoms with Gasteiger partial charge in [-0.2, -0.15) is 0 Å². The maximum Gasteiger partial charge on any atom is 0.405 e. The molecule has 1 rings (SSSR count). The van der Waals surface area contributed by atoms with Crippen molar-refractivity contribution in [2.75, 3.05) is 13.1 Å². The highest BCUT2D eigenvalue weighted by Crippen LogP contribution is 2.05. The predicted molar refractivity (Wildman–Crippen MR) is 57.4 cm³/mol. The van der Waals surface area contributed by atoms with Crippen LogP contribution in [0.15, 0.2) is 0 Å². The zero-order valence-electron chi connectivity index (χ0n) is 9.68. The summed E-state index contributed by atoms with van der Waals surface area (Å²) in [7, 11) is 0. The number of carbonyl (C=O) groups is 1. The van der Waals surface area contributed by atoms with Crippen LogP contribution >= 0.6 is 0 Å². The van der Waals surface area contributed by atoms with E-state index in [1.807, 2.05) is 0 Å². The molecule has 1 fully saturated rings. The number of alkyl halides is 1. The molecular weight excluding hydrogens is 199 g/mol. The number of primary amides is 1. The minimum absolute atomic E-state index is 0.453. The van der Waals surface area contributed by atoms with Gasteiger partial charge in [0.25, 0.3) is 0 Å². The average Bonchev–Trinajstić information content (AvgIpc) is 2.01. The maximum atomic E-state index is 12.1. The van der Waals surface area contributed by atoms with E-state index in [0.29, 0.717) is 12.8 Å². The standard InChI is InChI=1S/C5H10FN.C5H11NO2/c6-5-1-3-7-4-2-5;1-5(2,3)8-4(6)7/h5,7H,1-4H2;1-3H3,(H2,6,7). The van der Waals surface area contributed by atoms with Crippen LogP contribution in [-0.2, 0) is 4.74 Å². The van der Waals surface area contributed by atoms with Crippen LogP contribution in [0.3, 0.4) is 0 Å². The van der Waals surface area contributed by atoms with Crippen molar-refractivity contribution in [3.05, 3.63) is 0 Å². The van der Waals surface area contributed by atoms with Crippen LogP contribution in [0.4, 0.5) is 9.18 Å². The largest absolute Gasteiger partial charge is 0.444 e. The molecule has 5 heteroatoms. The molecule has 0 aromatic carbocycles. The molecule has 90 valence electrons. The predicted octanol–water partition coefficient (Wildman–Crippen LogP) is 1.59. The van der Waals surface area contributed by atoms with E-state index in [9.17, 15) is 9.18 Å². The van der Waals surface area contributed by atoms with Crippen molar-refractivity contribution in [1.29, 1.82) is 0 Å². The van der Waals surface area contributed by atoms with Crippen LogP contribution in [0.2, 0.25) is 0 Å². The minimum Gasteiger partial charge on any atom is -0.444 e. The van der Waals surface area contributed by atoms with Gasteiger partial charge in [0.2, 0.25) is 0 Å². The number of nitrogens with one attached hydrogen (secondary N) is 1. The first kappa shape index (κ1) is 14.2. The molecule has 4 nitrogen and oxygen atoms in total. The van der Waals surface area contributed by atoms with Crippen LogP contribution in [0.5, 0.6) is 0 Å². The summed E-state index contributed by atoms with van der Waals surface area (Å²) in [5.41, 5.74) is 4.26. The van der Waals surface area contributed by atoms with Gasteiger partial charge in [-0.15, -0.1) is 0 Å². The summed E-state index contributed by atoms with van der Waals surface area (Å²) in [4.78, 5) is 10.0. The van der Waals surface area contributed by atoms with Crippen molar-refractivity contribution in [2.24, 2.45) is 5.73 Å².